The van der Waals surface area contributed by atoms with Crippen molar-refractivity contribution in [3.8, 4) is 29.4 Å². The molecule has 0 spiro atoms. The zero-order valence-corrected chi connectivity index (χ0v) is 21.2. The van der Waals surface area contributed by atoms with Crippen LogP contribution in [0.1, 0.15) is 43.2 Å². The predicted octanol–water partition coefficient (Wildman–Crippen LogP) is 5.72. The van der Waals surface area contributed by atoms with Gasteiger partial charge in [-0.3, -0.25) is 4.99 Å². The van der Waals surface area contributed by atoms with E-state index in [9.17, 15) is 14.0 Å². The topological polar surface area (TPSA) is 74.2 Å². The van der Waals surface area contributed by atoms with Crippen molar-refractivity contribution in [1.29, 1.82) is 0 Å². The summed E-state index contributed by atoms with van der Waals surface area (Å²) in [5.74, 6) is 10.1. The SMILES string of the molecule is C=CC(=O)OCCCC=Nc1ccc(C#CC#Cc2ccc(OCCCCCOC(=O)C=C)c(F)c2)cc1. The van der Waals surface area contributed by atoms with Crippen molar-refractivity contribution >= 4 is 23.8 Å². The van der Waals surface area contributed by atoms with Gasteiger partial charge < -0.3 is 14.2 Å². The van der Waals surface area contributed by atoms with Crippen LogP contribution in [0.15, 0.2) is 72.8 Å². The summed E-state index contributed by atoms with van der Waals surface area (Å²) in [6.07, 6.45) is 7.62. The van der Waals surface area contributed by atoms with Gasteiger partial charge in [-0.25, -0.2) is 14.0 Å². The van der Waals surface area contributed by atoms with E-state index in [1.54, 1.807) is 18.3 Å². The monoisotopic (exact) mass is 515 g/mol. The largest absolute Gasteiger partial charge is 0.491 e. The number of benzene rings is 2. The maximum absolute atomic E-state index is 14.3. The van der Waals surface area contributed by atoms with E-state index in [2.05, 4.69) is 41.8 Å². The van der Waals surface area contributed by atoms with Gasteiger partial charge in [0.1, 0.15) is 0 Å². The molecule has 0 unspecified atom stereocenters. The van der Waals surface area contributed by atoms with Gasteiger partial charge in [-0.05, 0) is 86.4 Å². The predicted molar refractivity (Wildman–Crippen MR) is 146 cm³/mol. The van der Waals surface area contributed by atoms with Crippen molar-refractivity contribution in [2.75, 3.05) is 19.8 Å². The van der Waals surface area contributed by atoms with Gasteiger partial charge in [0.2, 0.25) is 0 Å². The minimum Gasteiger partial charge on any atom is -0.491 e. The highest BCUT2D eigenvalue weighted by Crippen LogP contribution is 2.18. The lowest BCUT2D eigenvalue weighted by atomic mass is 10.2. The van der Waals surface area contributed by atoms with Gasteiger partial charge in [-0.1, -0.05) is 25.0 Å². The van der Waals surface area contributed by atoms with E-state index in [-0.39, 0.29) is 5.75 Å². The molecule has 196 valence electrons. The fraction of sp³-hybridized carbons (Fsp3) is 0.258. The molecule has 0 aliphatic rings. The number of nitrogens with zero attached hydrogens (tertiary/aromatic N) is 1. The van der Waals surface area contributed by atoms with Crippen LogP contribution in [0.3, 0.4) is 0 Å². The molecule has 6 nitrogen and oxygen atoms in total. The number of aliphatic imine (C=N–C) groups is 1. The van der Waals surface area contributed by atoms with Crippen LogP contribution in [0.25, 0.3) is 0 Å². The molecule has 0 amide bonds. The highest BCUT2D eigenvalue weighted by atomic mass is 19.1. The molecule has 2 aromatic carbocycles. The molecule has 0 saturated carbocycles. The average Bonchev–Trinajstić information content (AvgIpc) is 2.93. The van der Waals surface area contributed by atoms with Crippen molar-refractivity contribution in [3.63, 3.8) is 0 Å². The molecule has 7 heteroatoms. The van der Waals surface area contributed by atoms with E-state index in [1.807, 2.05) is 24.3 Å². The molecule has 0 heterocycles. The first kappa shape index (κ1) is 29.6. The minimum atomic E-state index is -0.487. The fourth-order valence-corrected chi connectivity index (χ4v) is 2.90. The van der Waals surface area contributed by atoms with Crippen LogP contribution in [0.5, 0.6) is 5.75 Å². The lowest BCUT2D eigenvalue weighted by molar-refractivity contribution is -0.138. The number of rotatable bonds is 14. The van der Waals surface area contributed by atoms with Crippen molar-refractivity contribution in [2.24, 2.45) is 4.99 Å². The zero-order chi connectivity index (χ0) is 27.4. The summed E-state index contributed by atoms with van der Waals surface area (Å²) in [6.45, 7) is 7.69. The molecule has 0 bridgehead atoms. The molecule has 2 aromatic rings. The third-order valence-electron chi connectivity index (χ3n) is 4.86. The molecule has 0 saturated heterocycles. The lowest BCUT2D eigenvalue weighted by Crippen LogP contribution is -2.03. The summed E-state index contributed by atoms with van der Waals surface area (Å²) in [5, 5.41) is 0. The van der Waals surface area contributed by atoms with Crippen LogP contribution in [0.2, 0.25) is 0 Å². The molecular weight excluding hydrogens is 485 g/mol. The van der Waals surface area contributed by atoms with E-state index >= 15 is 0 Å². The number of halogens is 1. The second-order valence-corrected chi connectivity index (χ2v) is 7.80. The van der Waals surface area contributed by atoms with Crippen molar-refractivity contribution in [3.05, 3.63) is 84.7 Å². The van der Waals surface area contributed by atoms with Crippen LogP contribution in [0, 0.1) is 29.5 Å². The second-order valence-electron chi connectivity index (χ2n) is 7.80. The third-order valence-corrected chi connectivity index (χ3v) is 4.86. The second kappa shape index (κ2) is 17.8. The van der Waals surface area contributed by atoms with Gasteiger partial charge >= 0.3 is 11.9 Å². The van der Waals surface area contributed by atoms with Crippen LogP contribution in [0.4, 0.5) is 10.1 Å². The maximum atomic E-state index is 14.3. The summed E-state index contributed by atoms with van der Waals surface area (Å²) in [5.41, 5.74) is 2.07. The Hall–Kier alpha value is -4.62. The number of carbonyl (C=O) groups excluding carboxylic acids is 2. The Morgan fingerprint density at radius 1 is 0.816 bits per heavy atom. The molecule has 0 aliphatic carbocycles. The van der Waals surface area contributed by atoms with Gasteiger partial charge in [-0.15, -0.1) is 0 Å². The molecule has 0 aliphatic heterocycles. The molecule has 2 rings (SSSR count). The first-order valence-corrected chi connectivity index (χ1v) is 12.2. The molecule has 0 atom stereocenters. The van der Waals surface area contributed by atoms with E-state index < -0.39 is 17.8 Å². The Bertz CT molecular complexity index is 1240. The summed E-state index contributed by atoms with van der Waals surface area (Å²) in [7, 11) is 0. The molecule has 0 fully saturated rings. The Kier molecular flexibility index (Phi) is 13.8. The van der Waals surface area contributed by atoms with Crippen LogP contribution in [-0.2, 0) is 19.1 Å². The summed E-state index contributed by atoms with van der Waals surface area (Å²) in [4.78, 5) is 26.2. The minimum absolute atomic E-state index is 0.165. The Labute approximate surface area is 223 Å². The fourth-order valence-electron chi connectivity index (χ4n) is 2.90. The molecule has 0 radical (unpaired) electrons. The zero-order valence-electron chi connectivity index (χ0n) is 21.2. The first-order valence-electron chi connectivity index (χ1n) is 12.2. The van der Waals surface area contributed by atoms with E-state index in [0.717, 1.165) is 29.8 Å². The van der Waals surface area contributed by atoms with Gasteiger partial charge in [0, 0.05) is 29.5 Å². The number of unbranched alkanes of at least 4 members (excludes halogenated alkanes) is 3. The summed E-state index contributed by atoms with van der Waals surface area (Å²) >= 11 is 0. The summed E-state index contributed by atoms with van der Waals surface area (Å²) in [6, 6.07) is 11.9. The quantitative estimate of drug-likeness (QED) is 0.106. The van der Waals surface area contributed by atoms with Crippen molar-refractivity contribution in [1.82, 2.24) is 0 Å². The standard InChI is InChI=1S/C31H30FNO5/c1-3-30(34)37-22-10-5-9-21-36-29-19-16-26(24-28(29)32)13-7-6-12-25-14-17-27(18-15-25)33-20-8-11-23-38-31(35)4-2/h3-4,14-20,24H,1-2,5,8-11,21-23H2. The average molecular weight is 516 g/mol. The highest BCUT2D eigenvalue weighted by Gasteiger charge is 2.04. The van der Waals surface area contributed by atoms with Crippen LogP contribution >= 0.6 is 0 Å². The Balaban J connectivity index is 1.74. The third kappa shape index (κ3) is 12.4. The summed E-state index contributed by atoms with van der Waals surface area (Å²) < 4.78 is 29.6. The van der Waals surface area contributed by atoms with Crippen molar-refractivity contribution < 1.29 is 28.2 Å². The normalized spacial score (nSPS) is 9.92. The molecule has 38 heavy (non-hydrogen) atoms. The molecule has 0 N–H and O–H groups in total. The highest BCUT2D eigenvalue weighted by molar-refractivity contribution is 5.81. The van der Waals surface area contributed by atoms with Gasteiger partial charge in [0.05, 0.1) is 25.5 Å². The number of esters is 2. The Morgan fingerprint density at radius 3 is 2.08 bits per heavy atom. The molecule has 0 aromatic heterocycles. The lowest BCUT2D eigenvalue weighted by Gasteiger charge is -2.07. The van der Waals surface area contributed by atoms with Crippen LogP contribution in [-0.4, -0.2) is 38.0 Å². The van der Waals surface area contributed by atoms with E-state index in [1.165, 1.54) is 6.07 Å². The van der Waals surface area contributed by atoms with Crippen LogP contribution < -0.4 is 4.74 Å². The first-order chi connectivity index (χ1) is 18.5. The van der Waals surface area contributed by atoms with Gasteiger partial charge in [0.25, 0.3) is 0 Å². The number of ether oxygens (including phenoxy) is 3. The van der Waals surface area contributed by atoms with E-state index in [4.69, 9.17) is 14.2 Å². The number of carbonyl (C=O) groups is 2. The van der Waals surface area contributed by atoms with Gasteiger partial charge in [-0.2, -0.15) is 0 Å². The molecular formula is C31H30FNO5. The van der Waals surface area contributed by atoms with Crippen molar-refractivity contribution in [2.45, 2.75) is 32.1 Å². The van der Waals surface area contributed by atoms with E-state index in [0.29, 0.717) is 51.1 Å². The maximum Gasteiger partial charge on any atom is 0.330 e. The Morgan fingerprint density at radius 2 is 1.42 bits per heavy atom. The van der Waals surface area contributed by atoms with Gasteiger partial charge in [0.15, 0.2) is 11.6 Å². The smallest absolute Gasteiger partial charge is 0.330 e. The number of hydrogen-bond acceptors (Lipinski definition) is 6. The number of hydrogen-bond donors (Lipinski definition) is 0.